The van der Waals surface area contributed by atoms with Gasteiger partial charge in [0.25, 0.3) is 0 Å². The van der Waals surface area contributed by atoms with Gasteiger partial charge >= 0.3 is 6.09 Å². The number of ether oxygens (including phenoxy) is 1. The second kappa shape index (κ2) is 8.58. The number of carbonyl (C=O) groups excluding carboxylic acids is 1. The molecule has 1 aliphatic carbocycles. The van der Waals surface area contributed by atoms with E-state index in [4.69, 9.17) is 15.5 Å². The summed E-state index contributed by atoms with van der Waals surface area (Å²) in [5.41, 5.74) is 12.1. The molecule has 168 valence electrons. The molecular weight excluding hydrogens is 400 g/mol. The first-order valence-corrected chi connectivity index (χ1v) is 11.8. The quantitative estimate of drug-likeness (QED) is 0.634. The maximum Gasteiger partial charge on any atom is 0.414 e. The summed E-state index contributed by atoms with van der Waals surface area (Å²) in [5.74, 6) is 1.06. The summed E-state index contributed by atoms with van der Waals surface area (Å²) >= 11 is 0. The summed E-state index contributed by atoms with van der Waals surface area (Å²) in [6.45, 7) is 2.07. The van der Waals surface area contributed by atoms with Gasteiger partial charge in [-0.15, -0.1) is 0 Å². The molecule has 0 spiro atoms. The van der Waals surface area contributed by atoms with E-state index in [1.807, 2.05) is 6.07 Å². The SMILES string of the molecule is COC(=O)N1c2ccc3c(nc(Cc4ccccc4)n3C3CCCCC3N)c2CC[C@@H]1C. The number of methoxy groups -OCH3 is 1. The number of hydrogen-bond donors (Lipinski definition) is 1. The van der Waals surface area contributed by atoms with Gasteiger partial charge in [0, 0.05) is 24.1 Å². The Morgan fingerprint density at radius 2 is 1.91 bits per heavy atom. The lowest BCUT2D eigenvalue weighted by Gasteiger charge is -2.34. The Balaban J connectivity index is 1.68. The number of nitrogens with two attached hydrogens (primary N) is 1. The van der Waals surface area contributed by atoms with Crippen molar-refractivity contribution in [2.24, 2.45) is 5.73 Å². The number of amides is 1. The molecule has 0 saturated heterocycles. The monoisotopic (exact) mass is 432 g/mol. The molecule has 0 radical (unpaired) electrons. The van der Waals surface area contributed by atoms with Gasteiger partial charge in [0.1, 0.15) is 5.82 Å². The van der Waals surface area contributed by atoms with E-state index in [1.165, 1.54) is 25.5 Å². The minimum atomic E-state index is -0.309. The zero-order chi connectivity index (χ0) is 22.2. The Labute approximate surface area is 189 Å². The molecule has 3 atom stereocenters. The van der Waals surface area contributed by atoms with Crippen LogP contribution in [0.3, 0.4) is 0 Å². The Kier molecular flexibility index (Phi) is 5.64. The van der Waals surface area contributed by atoms with Gasteiger partial charge in [-0.05, 0) is 50.3 Å². The van der Waals surface area contributed by atoms with E-state index in [-0.39, 0.29) is 24.2 Å². The molecule has 2 N–H and O–H groups in total. The Morgan fingerprint density at radius 3 is 2.66 bits per heavy atom. The highest BCUT2D eigenvalue weighted by atomic mass is 16.5. The van der Waals surface area contributed by atoms with E-state index in [0.717, 1.165) is 60.2 Å². The number of aryl methyl sites for hydroxylation is 1. The van der Waals surface area contributed by atoms with E-state index in [1.54, 1.807) is 4.90 Å². The van der Waals surface area contributed by atoms with Gasteiger partial charge in [-0.2, -0.15) is 0 Å². The third kappa shape index (κ3) is 3.56. The normalized spacial score (nSPS) is 23.2. The number of fused-ring (bicyclic) bond motifs is 3. The summed E-state index contributed by atoms with van der Waals surface area (Å²) in [6, 6.07) is 15.2. The summed E-state index contributed by atoms with van der Waals surface area (Å²) in [6.07, 6.45) is 6.78. The Morgan fingerprint density at radius 1 is 1.12 bits per heavy atom. The number of nitrogens with zero attached hydrogens (tertiary/aromatic N) is 3. The van der Waals surface area contributed by atoms with E-state index in [9.17, 15) is 4.79 Å². The van der Waals surface area contributed by atoms with Gasteiger partial charge in [-0.1, -0.05) is 43.2 Å². The molecule has 2 heterocycles. The molecule has 1 saturated carbocycles. The summed E-state index contributed by atoms with van der Waals surface area (Å²) in [4.78, 5) is 19.5. The molecule has 1 aliphatic heterocycles. The first kappa shape index (κ1) is 21.0. The van der Waals surface area contributed by atoms with Crippen molar-refractivity contribution < 1.29 is 9.53 Å². The van der Waals surface area contributed by atoms with Crippen LogP contribution in [-0.4, -0.2) is 34.8 Å². The molecular formula is C26H32N4O2. The van der Waals surface area contributed by atoms with Crippen LogP contribution in [0.4, 0.5) is 10.5 Å². The van der Waals surface area contributed by atoms with Gasteiger partial charge in [0.2, 0.25) is 0 Å². The lowest BCUT2D eigenvalue weighted by Crippen LogP contribution is -2.42. The largest absolute Gasteiger partial charge is 0.452 e. The third-order valence-electron chi connectivity index (χ3n) is 7.22. The third-order valence-corrected chi connectivity index (χ3v) is 7.22. The molecule has 2 unspecified atom stereocenters. The van der Waals surface area contributed by atoms with Gasteiger partial charge < -0.3 is 15.0 Å². The highest BCUT2D eigenvalue weighted by Gasteiger charge is 2.33. The van der Waals surface area contributed by atoms with Crippen LogP contribution in [0.1, 0.15) is 62.0 Å². The van der Waals surface area contributed by atoms with Crippen molar-refractivity contribution in [3.63, 3.8) is 0 Å². The summed E-state index contributed by atoms with van der Waals surface area (Å²) < 4.78 is 7.50. The zero-order valence-corrected chi connectivity index (χ0v) is 19.0. The Hall–Kier alpha value is -2.86. The van der Waals surface area contributed by atoms with Crippen LogP contribution in [0.5, 0.6) is 0 Å². The molecule has 2 aliphatic rings. The van der Waals surface area contributed by atoms with Crippen molar-refractivity contribution in [2.75, 3.05) is 12.0 Å². The maximum atomic E-state index is 12.5. The Bertz CT molecular complexity index is 1120. The molecule has 0 bridgehead atoms. The molecule has 32 heavy (non-hydrogen) atoms. The summed E-state index contributed by atoms with van der Waals surface area (Å²) in [5, 5.41) is 0. The van der Waals surface area contributed by atoms with E-state index in [0.29, 0.717) is 0 Å². The lowest BCUT2D eigenvalue weighted by atomic mass is 9.90. The molecule has 6 nitrogen and oxygen atoms in total. The van der Waals surface area contributed by atoms with Crippen molar-refractivity contribution in [3.05, 3.63) is 59.4 Å². The number of hydrogen-bond acceptors (Lipinski definition) is 4. The molecule has 6 heteroatoms. The maximum absolute atomic E-state index is 12.5. The van der Waals surface area contributed by atoms with Gasteiger partial charge in [-0.25, -0.2) is 9.78 Å². The summed E-state index contributed by atoms with van der Waals surface area (Å²) in [7, 11) is 1.44. The number of anilines is 1. The fraction of sp³-hybridized carbons (Fsp3) is 0.462. The fourth-order valence-electron chi connectivity index (χ4n) is 5.56. The van der Waals surface area contributed by atoms with Crippen LogP contribution in [0.25, 0.3) is 11.0 Å². The number of aromatic nitrogens is 2. The predicted octanol–water partition coefficient (Wildman–Crippen LogP) is 4.98. The highest BCUT2D eigenvalue weighted by molar-refractivity contribution is 5.95. The number of imidazole rings is 1. The lowest BCUT2D eigenvalue weighted by molar-refractivity contribution is 0.175. The fourth-order valence-corrected chi connectivity index (χ4v) is 5.56. The second-order valence-electron chi connectivity index (χ2n) is 9.23. The first-order chi connectivity index (χ1) is 15.6. The van der Waals surface area contributed by atoms with E-state index in [2.05, 4.69) is 47.9 Å². The number of carbonyl (C=O) groups is 1. The zero-order valence-electron chi connectivity index (χ0n) is 19.0. The topological polar surface area (TPSA) is 73.4 Å². The van der Waals surface area contributed by atoms with Crippen LogP contribution < -0.4 is 10.6 Å². The standard InChI is InChI=1S/C26H32N4O2/c1-17-12-13-19-21(29(17)26(31)32-2)14-15-23-25(19)28-24(16-18-8-4-3-5-9-18)30(23)22-11-7-6-10-20(22)27/h3-5,8-9,14-15,17,20,22H,6-7,10-13,16,27H2,1-2H3/t17-,20?,22?/m0/s1. The van der Waals surface area contributed by atoms with Crippen LogP contribution in [0.15, 0.2) is 42.5 Å². The van der Waals surface area contributed by atoms with Gasteiger partial charge in [0.15, 0.2) is 0 Å². The van der Waals surface area contributed by atoms with Crippen molar-refractivity contribution >= 4 is 22.8 Å². The number of benzene rings is 2. The molecule has 5 rings (SSSR count). The number of rotatable bonds is 3. The molecule has 1 amide bonds. The van der Waals surface area contributed by atoms with Crippen LogP contribution in [0.2, 0.25) is 0 Å². The van der Waals surface area contributed by atoms with Gasteiger partial charge in [0.05, 0.1) is 29.9 Å². The van der Waals surface area contributed by atoms with E-state index < -0.39 is 0 Å². The van der Waals surface area contributed by atoms with Crippen molar-refractivity contribution in [1.29, 1.82) is 0 Å². The second-order valence-corrected chi connectivity index (χ2v) is 9.23. The molecule has 1 fully saturated rings. The average molecular weight is 433 g/mol. The molecule has 1 aromatic heterocycles. The molecule has 2 aromatic carbocycles. The first-order valence-electron chi connectivity index (χ1n) is 11.8. The smallest absolute Gasteiger partial charge is 0.414 e. The average Bonchev–Trinajstić information content (AvgIpc) is 3.17. The highest BCUT2D eigenvalue weighted by Crippen LogP contribution is 2.39. The predicted molar refractivity (Wildman–Crippen MR) is 127 cm³/mol. The van der Waals surface area contributed by atoms with E-state index >= 15 is 0 Å². The van der Waals surface area contributed by atoms with Gasteiger partial charge in [-0.3, -0.25) is 4.90 Å². The van der Waals surface area contributed by atoms with Crippen molar-refractivity contribution in [2.45, 2.75) is 70.0 Å². The van der Waals surface area contributed by atoms with Crippen LogP contribution in [0, 0.1) is 0 Å². The minimum Gasteiger partial charge on any atom is -0.452 e. The van der Waals surface area contributed by atoms with Crippen molar-refractivity contribution in [1.82, 2.24) is 9.55 Å². The minimum absolute atomic E-state index is 0.102. The van der Waals surface area contributed by atoms with Crippen molar-refractivity contribution in [3.8, 4) is 0 Å². The van der Waals surface area contributed by atoms with Crippen LogP contribution >= 0.6 is 0 Å². The molecule has 3 aromatic rings. The van der Waals surface area contributed by atoms with Crippen LogP contribution in [-0.2, 0) is 17.6 Å².